The molecule has 0 radical (unpaired) electrons. The van der Waals surface area contributed by atoms with Crippen LogP contribution >= 0.6 is 0 Å². The van der Waals surface area contributed by atoms with Crippen LogP contribution in [-0.4, -0.2) is 24.5 Å². The van der Waals surface area contributed by atoms with E-state index in [0.717, 1.165) is 31.1 Å². The topological polar surface area (TPSA) is 38.5 Å². The summed E-state index contributed by atoms with van der Waals surface area (Å²) in [7, 11) is 0. The van der Waals surface area contributed by atoms with E-state index in [-0.39, 0.29) is 0 Å². The van der Waals surface area contributed by atoms with Gasteiger partial charge >= 0.3 is 0 Å². The van der Waals surface area contributed by atoms with Gasteiger partial charge in [-0.05, 0) is 37.6 Å². The maximum Gasteiger partial charge on any atom is 0.132 e. The normalized spacial score (nSPS) is 21.7. The zero-order valence-electron chi connectivity index (χ0n) is 12.0. The molecule has 0 saturated carbocycles. The van der Waals surface area contributed by atoms with Crippen molar-refractivity contribution < 1.29 is 4.74 Å². The molecule has 2 heterocycles. The van der Waals surface area contributed by atoms with E-state index in [2.05, 4.69) is 41.3 Å². The van der Waals surface area contributed by atoms with Gasteiger partial charge in [-0.3, -0.25) is 4.90 Å². The average molecular weight is 280 g/mol. The van der Waals surface area contributed by atoms with Gasteiger partial charge in [0.1, 0.15) is 11.5 Å². The van der Waals surface area contributed by atoms with Gasteiger partial charge in [-0.15, -0.1) is 0 Å². The fourth-order valence-electron chi connectivity index (χ4n) is 3.57. The molecule has 0 bridgehead atoms. The highest BCUT2D eigenvalue weighted by Gasteiger charge is 2.35. The van der Waals surface area contributed by atoms with Crippen LogP contribution in [0, 0.1) is 5.92 Å². The Balaban J connectivity index is 1.79. The Morgan fingerprint density at radius 3 is 2.19 bits per heavy atom. The minimum Gasteiger partial charge on any atom is -0.457 e. The van der Waals surface area contributed by atoms with Gasteiger partial charge in [-0.1, -0.05) is 36.4 Å². The molecule has 0 amide bonds. The summed E-state index contributed by atoms with van der Waals surface area (Å²) in [6.45, 7) is 2.96. The summed E-state index contributed by atoms with van der Waals surface area (Å²) < 4.78 is 6.07. The number of para-hydroxylation sites is 2. The van der Waals surface area contributed by atoms with Gasteiger partial charge in [0, 0.05) is 17.7 Å². The number of hydrogen-bond acceptors (Lipinski definition) is 3. The monoisotopic (exact) mass is 280 g/mol. The lowest BCUT2D eigenvalue weighted by atomic mass is 9.93. The molecule has 1 unspecified atom stereocenters. The minimum absolute atomic E-state index is 0.294. The van der Waals surface area contributed by atoms with Gasteiger partial charge in [-0.25, -0.2) is 0 Å². The van der Waals surface area contributed by atoms with Crippen molar-refractivity contribution in [2.24, 2.45) is 11.7 Å². The summed E-state index contributed by atoms with van der Waals surface area (Å²) >= 11 is 0. The second-order valence-corrected chi connectivity index (χ2v) is 5.97. The van der Waals surface area contributed by atoms with Gasteiger partial charge in [0.2, 0.25) is 0 Å². The molecule has 0 spiro atoms. The molecule has 1 atom stereocenters. The Morgan fingerprint density at radius 1 is 1.00 bits per heavy atom. The largest absolute Gasteiger partial charge is 0.457 e. The molecule has 21 heavy (non-hydrogen) atoms. The van der Waals surface area contributed by atoms with Gasteiger partial charge in [-0.2, -0.15) is 0 Å². The second-order valence-electron chi connectivity index (χ2n) is 5.97. The first kappa shape index (κ1) is 12.9. The molecule has 3 nitrogen and oxygen atoms in total. The van der Waals surface area contributed by atoms with Crippen LogP contribution in [0.2, 0.25) is 0 Å². The van der Waals surface area contributed by atoms with E-state index in [9.17, 15) is 0 Å². The van der Waals surface area contributed by atoms with Crippen LogP contribution in [0.3, 0.4) is 0 Å². The van der Waals surface area contributed by atoms with E-state index in [1.807, 2.05) is 12.1 Å². The number of hydrogen-bond donors (Lipinski definition) is 1. The summed E-state index contributed by atoms with van der Waals surface area (Å²) in [5.41, 5.74) is 8.41. The fraction of sp³-hybridized carbons (Fsp3) is 0.333. The Labute approximate surface area is 125 Å². The quantitative estimate of drug-likeness (QED) is 0.918. The molecule has 2 aliphatic heterocycles. The zero-order valence-corrected chi connectivity index (χ0v) is 12.0. The first-order chi connectivity index (χ1) is 10.4. The van der Waals surface area contributed by atoms with Crippen molar-refractivity contribution in [1.82, 2.24) is 4.90 Å². The Kier molecular flexibility index (Phi) is 3.17. The van der Waals surface area contributed by atoms with Crippen LogP contribution in [0.1, 0.15) is 23.6 Å². The second kappa shape index (κ2) is 5.17. The maximum absolute atomic E-state index is 6.07. The Bertz CT molecular complexity index is 610. The molecule has 3 heteroatoms. The highest BCUT2D eigenvalue weighted by Crippen LogP contribution is 2.46. The van der Waals surface area contributed by atoms with E-state index in [0.29, 0.717) is 12.0 Å². The highest BCUT2D eigenvalue weighted by atomic mass is 16.5. The number of likely N-dealkylation sites (tertiary alicyclic amines) is 1. The molecule has 1 fully saturated rings. The summed E-state index contributed by atoms with van der Waals surface area (Å²) in [4.78, 5) is 2.55. The summed E-state index contributed by atoms with van der Waals surface area (Å²) in [5.74, 6) is 2.59. The Hall–Kier alpha value is -1.84. The lowest BCUT2D eigenvalue weighted by Gasteiger charge is -2.34. The SMILES string of the molecule is NCC1CCN(C2c3ccccc3Oc3ccccc32)C1. The maximum atomic E-state index is 6.07. The molecule has 1 saturated heterocycles. The van der Waals surface area contributed by atoms with E-state index >= 15 is 0 Å². The van der Waals surface area contributed by atoms with Crippen molar-refractivity contribution in [3.05, 3.63) is 59.7 Å². The number of ether oxygens (including phenoxy) is 1. The van der Waals surface area contributed by atoms with Crippen molar-refractivity contribution in [2.75, 3.05) is 19.6 Å². The van der Waals surface area contributed by atoms with Gasteiger partial charge in [0.05, 0.1) is 6.04 Å². The average Bonchev–Trinajstić information content (AvgIpc) is 3.01. The number of nitrogens with two attached hydrogens (primary N) is 1. The third-order valence-corrected chi connectivity index (χ3v) is 4.66. The Morgan fingerprint density at radius 2 is 1.62 bits per heavy atom. The van der Waals surface area contributed by atoms with E-state index < -0.39 is 0 Å². The van der Waals surface area contributed by atoms with E-state index in [1.165, 1.54) is 17.5 Å². The van der Waals surface area contributed by atoms with Crippen molar-refractivity contribution in [3.8, 4) is 11.5 Å². The van der Waals surface area contributed by atoms with Gasteiger partial charge < -0.3 is 10.5 Å². The zero-order chi connectivity index (χ0) is 14.2. The minimum atomic E-state index is 0.294. The third kappa shape index (κ3) is 2.13. The van der Waals surface area contributed by atoms with Gasteiger partial charge in [0.25, 0.3) is 0 Å². The van der Waals surface area contributed by atoms with Crippen LogP contribution in [0.4, 0.5) is 0 Å². The first-order valence-electron chi connectivity index (χ1n) is 7.66. The summed E-state index contributed by atoms with van der Waals surface area (Å²) in [6, 6.07) is 17.1. The lowest BCUT2D eigenvalue weighted by molar-refractivity contribution is 0.252. The molecule has 4 rings (SSSR count). The number of benzene rings is 2. The van der Waals surface area contributed by atoms with E-state index in [1.54, 1.807) is 0 Å². The fourth-order valence-corrected chi connectivity index (χ4v) is 3.57. The van der Waals surface area contributed by atoms with Crippen LogP contribution in [0.25, 0.3) is 0 Å². The molecular weight excluding hydrogens is 260 g/mol. The summed E-state index contributed by atoms with van der Waals surface area (Å²) in [5, 5.41) is 0. The van der Waals surface area contributed by atoms with Crippen LogP contribution < -0.4 is 10.5 Å². The van der Waals surface area contributed by atoms with Crippen molar-refractivity contribution in [2.45, 2.75) is 12.5 Å². The van der Waals surface area contributed by atoms with Crippen molar-refractivity contribution in [3.63, 3.8) is 0 Å². The summed E-state index contributed by atoms with van der Waals surface area (Å²) in [6.07, 6.45) is 1.19. The third-order valence-electron chi connectivity index (χ3n) is 4.66. The molecule has 0 aliphatic carbocycles. The number of nitrogens with zero attached hydrogens (tertiary/aromatic N) is 1. The predicted octanol–water partition coefficient (Wildman–Crippen LogP) is 3.16. The van der Waals surface area contributed by atoms with Crippen molar-refractivity contribution in [1.29, 1.82) is 0 Å². The first-order valence-corrected chi connectivity index (χ1v) is 7.66. The van der Waals surface area contributed by atoms with Crippen molar-refractivity contribution >= 4 is 0 Å². The molecule has 2 N–H and O–H groups in total. The number of rotatable bonds is 2. The highest BCUT2D eigenvalue weighted by molar-refractivity contribution is 5.53. The molecule has 0 aromatic heterocycles. The van der Waals surface area contributed by atoms with Gasteiger partial charge in [0.15, 0.2) is 0 Å². The van der Waals surface area contributed by atoms with E-state index in [4.69, 9.17) is 10.5 Å². The van der Waals surface area contributed by atoms with Crippen LogP contribution in [-0.2, 0) is 0 Å². The molecule has 2 aliphatic rings. The molecule has 108 valence electrons. The molecular formula is C18H20N2O. The molecule has 2 aromatic rings. The van der Waals surface area contributed by atoms with Crippen LogP contribution in [0.5, 0.6) is 11.5 Å². The number of fused-ring (bicyclic) bond motifs is 2. The lowest BCUT2D eigenvalue weighted by Crippen LogP contribution is -2.30. The standard InChI is InChI=1S/C18H20N2O/c19-11-13-9-10-20(12-13)18-14-5-1-3-7-16(14)21-17-8-4-2-6-15(17)18/h1-8,13,18H,9-12,19H2. The molecule has 2 aromatic carbocycles. The smallest absolute Gasteiger partial charge is 0.132 e. The van der Waals surface area contributed by atoms with Crippen LogP contribution in [0.15, 0.2) is 48.5 Å². The predicted molar refractivity (Wildman–Crippen MR) is 83.5 cm³/mol.